The molecular formula is C27H19ClFN3O2S2. The van der Waals surface area contributed by atoms with Crippen LogP contribution in [-0.2, 0) is 11.4 Å². The molecular weight excluding hydrogens is 517 g/mol. The van der Waals surface area contributed by atoms with Gasteiger partial charge in [0.05, 0.1) is 27.2 Å². The van der Waals surface area contributed by atoms with E-state index in [1.165, 1.54) is 17.8 Å². The van der Waals surface area contributed by atoms with Crippen LogP contribution in [-0.4, -0.2) is 22.9 Å². The Morgan fingerprint density at radius 1 is 1.08 bits per heavy atom. The van der Waals surface area contributed by atoms with Gasteiger partial charge in [0.2, 0.25) is 0 Å². The van der Waals surface area contributed by atoms with E-state index in [0.29, 0.717) is 16.3 Å². The first-order valence-electron chi connectivity index (χ1n) is 11.0. The minimum atomic E-state index is -0.434. The Bertz CT molecular complexity index is 1540. The zero-order valence-corrected chi connectivity index (χ0v) is 21.2. The van der Waals surface area contributed by atoms with E-state index in [4.69, 9.17) is 16.3 Å². The number of para-hydroxylation sites is 1. The molecule has 5 nitrogen and oxygen atoms in total. The second-order valence-corrected chi connectivity index (χ2v) is 10.4. The van der Waals surface area contributed by atoms with Gasteiger partial charge in [0.25, 0.3) is 5.91 Å². The van der Waals surface area contributed by atoms with Gasteiger partial charge in [-0.3, -0.25) is 4.79 Å². The summed E-state index contributed by atoms with van der Waals surface area (Å²) in [6, 6.07) is 23.8. The van der Waals surface area contributed by atoms with Gasteiger partial charge in [-0.2, -0.15) is 5.10 Å². The summed E-state index contributed by atoms with van der Waals surface area (Å²) in [6.45, 7) is -0.0458. The highest BCUT2D eigenvalue weighted by atomic mass is 35.5. The first-order valence-corrected chi connectivity index (χ1v) is 13.1. The average molecular weight is 536 g/mol. The normalized spacial score (nSPS) is 11.4. The van der Waals surface area contributed by atoms with E-state index in [2.05, 4.69) is 15.5 Å². The van der Waals surface area contributed by atoms with Crippen molar-refractivity contribution in [3.05, 3.63) is 101 Å². The second-order valence-electron chi connectivity index (χ2n) is 7.72. The maximum absolute atomic E-state index is 14.2. The van der Waals surface area contributed by atoms with Gasteiger partial charge in [-0.15, -0.1) is 11.3 Å². The van der Waals surface area contributed by atoms with E-state index < -0.39 is 5.82 Å². The van der Waals surface area contributed by atoms with Crippen LogP contribution in [0.4, 0.5) is 4.39 Å². The van der Waals surface area contributed by atoms with Crippen LogP contribution in [0, 0.1) is 5.82 Å². The largest absolute Gasteiger partial charge is 0.488 e. The third-order valence-electron chi connectivity index (χ3n) is 5.35. The van der Waals surface area contributed by atoms with Gasteiger partial charge in [0.1, 0.15) is 18.2 Å². The summed E-state index contributed by atoms with van der Waals surface area (Å²) in [6.07, 6.45) is 1.54. The number of hydrazone groups is 1. The quantitative estimate of drug-likeness (QED) is 0.131. The number of carbonyl (C=O) groups excluding carboxylic acids is 1. The second kappa shape index (κ2) is 11.1. The lowest BCUT2D eigenvalue weighted by molar-refractivity contribution is -0.118. The van der Waals surface area contributed by atoms with E-state index in [-0.39, 0.29) is 23.8 Å². The van der Waals surface area contributed by atoms with Crippen LogP contribution in [0.3, 0.4) is 0 Å². The molecule has 5 rings (SSSR count). The Balaban J connectivity index is 1.29. The van der Waals surface area contributed by atoms with Gasteiger partial charge in [-0.1, -0.05) is 71.9 Å². The number of nitrogens with one attached hydrogen (secondary N) is 1. The fourth-order valence-corrected chi connectivity index (χ4v) is 5.67. The lowest BCUT2D eigenvalue weighted by atomic mass is 10.0. The SMILES string of the molecule is O=C(CSc1nc2ccccc2s1)N/N=C/c1c(OCc2c(F)cccc2Cl)ccc2ccccc12. The first-order chi connectivity index (χ1) is 17.6. The molecule has 180 valence electrons. The Kier molecular flexibility index (Phi) is 7.46. The fourth-order valence-electron chi connectivity index (χ4n) is 3.60. The first kappa shape index (κ1) is 24.2. The Morgan fingerprint density at radius 3 is 2.78 bits per heavy atom. The van der Waals surface area contributed by atoms with Crippen molar-refractivity contribution in [2.24, 2.45) is 5.10 Å². The summed E-state index contributed by atoms with van der Waals surface area (Å²) in [5, 5.41) is 6.32. The summed E-state index contributed by atoms with van der Waals surface area (Å²) < 4.78 is 22.1. The monoisotopic (exact) mass is 535 g/mol. The van der Waals surface area contributed by atoms with Crippen LogP contribution in [0.1, 0.15) is 11.1 Å². The number of benzene rings is 4. The summed E-state index contributed by atoms with van der Waals surface area (Å²) in [7, 11) is 0. The van der Waals surface area contributed by atoms with Gasteiger partial charge in [-0.05, 0) is 41.1 Å². The smallest absolute Gasteiger partial charge is 0.250 e. The number of nitrogens with zero attached hydrogens (tertiary/aromatic N) is 2. The number of halogens is 2. The average Bonchev–Trinajstić information content (AvgIpc) is 3.31. The van der Waals surface area contributed by atoms with Gasteiger partial charge >= 0.3 is 0 Å². The summed E-state index contributed by atoms with van der Waals surface area (Å²) in [4.78, 5) is 16.9. The topological polar surface area (TPSA) is 63.6 Å². The fraction of sp³-hybridized carbons (Fsp3) is 0.0741. The molecule has 0 aliphatic carbocycles. The van der Waals surface area contributed by atoms with Crippen LogP contribution < -0.4 is 10.2 Å². The van der Waals surface area contributed by atoms with E-state index >= 15 is 0 Å². The predicted molar refractivity (Wildman–Crippen MR) is 146 cm³/mol. The molecule has 0 saturated heterocycles. The molecule has 0 saturated carbocycles. The molecule has 0 bridgehead atoms. The highest BCUT2D eigenvalue weighted by Crippen LogP contribution is 2.30. The molecule has 0 spiro atoms. The van der Waals surface area contributed by atoms with Gasteiger partial charge in [0, 0.05) is 11.1 Å². The van der Waals surface area contributed by atoms with Crippen molar-refractivity contribution < 1.29 is 13.9 Å². The summed E-state index contributed by atoms with van der Waals surface area (Å²) in [5.74, 6) is -0.00964. The van der Waals surface area contributed by atoms with Crippen LogP contribution >= 0.6 is 34.7 Å². The number of thiazole rings is 1. The van der Waals surface area contributed by atoms with E-state index in [9.17, 15) is 9.18 Å². The molecule has 0 radical (unpaired) electrons. The third kappa shape index (κ3) is 5.51. The van der Waals surface area contributed by atoms with Crippen molar-refractivity contribution >= 4 is 67.8 Å². The molecule has 0 aliphatic rings. The van der Waals surface area contributed by atoms with Crippen molar-refractivity contribution in [2.75, 3.05) is 5.75 Å². The zero-order chi connectivity index (χ0) is 24.9. The Labute approximate surface area is 220 Å². The van der Waals surface area contributed by atoms with E-state index in [1.807, 2.05) is 54.6 Å². The molecule has 0 unspecified atom stereocenters. The van der Waals surface area contributed by atoms with Gasteiger partial charge < -0.3 is 4.74 Å². The van der Waals surface area contributed by atoms with E-state index in [1.54, 1.807) is 35.8 Å². The molecule has 36 heavy (non-hydrogen) atoms. The molecule has 1 heterocycles. The molecule has 0 fully saturated rings. The minimum Gasteiger partial charge on any atom is -0.488 e. The lowest BCUT2D eigenvalue weighted by Crippen LogP contribution is -2.19. The Morgan fingerprint density at radius 2 is 1.92 bits per heavy atom. The number of fused-ring (bicyclic) bond motifs is 2. The third-order valence-corrected chi connectivity index (χ3v) is 7.88. The molecule has 1 amide bonds. The van der Waals surface area contributed by atoms with Gasteiger partial charge in [-0.25, -0.2) is 14.8 Å². The van der Waals surface area contributed by atoms with Crippen molar-refractivity contribution in [2.45, 2.75) is 10.9 Å². The van der Waals surface area contributed by atoms with Crippen LogP contribution in [0.15, 0.2) is 88.3 Å². The highest BCUT2D eigenvalue weighted by Gasteiger charge is 2.12. The molecule has 5 aromatic rings. The number of thioether (sulfide) groups is 1. The van der Waals surface area contributed by atoms with Crippen molar-refractivity contribution in [1.29, 1.82) is 0 Å². The summed E-state index contributed by atoms with van der Waals surface area (Å²) >= 11 is 9.06. The predicted octanol–water partition coefficient (Wildman–Crippen LogP) is 7.06. The zero-order valence-electron chi connectivity index (χ0n) is 18.8. The number of ether oxygens (including phenoxy) is 1. The Hall–Kier alpha value is -3.46. The maximum atomic E-state index is 14.2. The van der Waals surface area contributed by atoms with Crippen LogP contribution in [0.25, 0.3) is 21.0 Å². The molecule has 0 aliphatic heterocycles. The van der Waals surface area contributed by atoms with Crippen molar-refractivity contribution in [3.63, 3.8) is 0 Å². The van der Waals surface area contributed by atoms with E-state index in [0.717, 1.165) is 25.3 Å². The number of amides is 1. The molecule has 0 atom stereocenters. The number of hydrogen-bond acceptors (Lipinski definition) is 6. The lowest BCUT2D eigenvalue weighted by Gasteiger charge is -2.13. The van der Waals surface area contributed by atoms with Crippen molar-refractivity contribution in [1.82, 2.24) is 10.4 Å². The van der Waals surface area contributed by atoms with Crippen molar-refractivity contribution in [3.8, 4) is 5.75 Å². The molecule has 4 aromatic carbocycles. The van der Waals surface area contributed by atoms with Gasteiger partial charge in [0.15, 0.2) is 4.34 Å². The number of rotatable bonds is 8. The molecule has 1 N–H and O–H groups in total. The standard InChI is InChI=1S/C27H19ClFN3O2S2/c28-21-8-5-9-22(29)20(21)15-34-24-13-12-17-6-1-2-7-18(17)19(24)14-30-32-26(33)16-35-27-31-23-10-3-4-11-25(23)36-27/h1-14H,15-16H2,(H,32,33)/b30-14+. The number of hydrogen-bond donors (Lipinski definition) is 1. The maximum Gasteiger partial charge on any atom is 0.250 e. The number of carbonyl (C=O) groups is 1. The molecule has 1 aromatic heterocycles. The van der Waals surface area contributed by atoms with Crippen LogP contribution in [0.2, 0.25) is 5.02 Å². The minimum absolute atomic E-state index is 0.0458. The molecule has 9 heteroatoms. The summed E-state index contributed by atoms with van der Waals surface area (Å²) in [5.41, 5.74) is 4.43. The highest BCUT2D eigenvalue weighted by molar-refractivity contribution is 8.01. The number of aromatic nitrogens is 1. The van der Waals surface area contributed by atoms with Crippen LogP contribution in [0.5, 0.6) is 5.75 Å².